The van der Waals surface area contributed by atoms with Crippen molar-refractivity contribution in [2.24, 2.45) is 0 Å². The van der Waals surface area contributed by atoms with Crippen LogP contribution in [-0.4, -0.2) is 30.7 Å². The van der Waals surface area contributed by atoms with E-state index in [1.165, 1.54) is 0 Å². The van der Waals surface area contributed by atoms with Gasteiger partial charge in [-0.3, -0.25) is 9.59 Å². The lowest BCUT2D eigenvalue weighted by molar-refractivity contribution is -0.117. The molecule has 0 unspecified atom stereocenters. The van der Waals surface area contributed by atoms with Crippen molar-refractivity contribution in [1.29, 1.82) is 0 Å². The van der Waals surface area contributed by atoms with Gasteiger partial charge in [0, 0.05) is 22.7 Å². The highest BCUT2D eigenvalue weighted by Crippen LogP contribution is 2.37. The molecule has 1 fully saturated rings. The molecular formula is C19H19N3O2S. The van der Waals surface area contributed by atoms with Gasteiger partial charge in [-0.1, -0.05) is 0 Å². The lowest BCUT2D eigenvalue weighted by Crippen LogP contribution is -2.43. The molecular weight excluding hydrogens is 334 g/mol. The maximum absolute atomic E-state index is 12.5. The fourth-order valence-electron chi connectivity index (χ4n) is 3.45. The van der Waals surface area contributed by atoms with E-state index in [2.05, 4.69) is 15.5 Å². The molecule has 2 aromatic carbocycles. The number of hydrogen-bond donors (Lipinski definition) is 2. The third-order valence-corrected chi connectivity index (χ3v) is 5.47. The van der Waals surface area contributed by atoms with Crippen LogP contribution in [0.25, 0.3) is 0 Å². The van der Waals surface area contributed by atoms with E-state index in [-0.39, 0.29) is 17.9 Å². The summed E-state index contributed by atoms with van der Waals surface area (Å²) in [4.78, 5) is 28.0. The zero-order chi connectivity index (χ0) is 17.4. The van der Waals surface area contributed by atoms with Crippen molar-refractivity contribution in [2.45, 2.75) is 23.8 Å². The van der Waals surface area contributed by atoms with Crippen molar-refractivity contribution in [3.63, 3.8) is 0 Å². The average Bonchev–Trinajstić information content (AvgIpc) is 3.12. The van der Waals surface area contributed by atoms with Crippen LogP contribution in [0.15, 0.2) is 47.4 Å². The van der Waals surface area contributed by atoms with Crippen molar-refractivity contribution in [3.05, 3.63) is 48.0 Å². The minimum Gasteiger partial charge on any atom is -0.358 e. The number of hydrogen-bond acceptors (Lipinski definition) is 4. The Labute approximate surface area is 150 Å². The van der Waals surface area contributed by atoms with E-state index < -0.39 is 0 Å². The van der Waals surface area contributed by atoms with E-state index in [1.54, 1.807) is 17.8 Å². The first kappa shape index (κ1) is 16.0. The first-order chi connectivity index (χ1) is 12.2. The van der Waals surface area contributed by atoms with Gasteiger partial charge in [0.05, 0.1) is 11.4 Å². The summed E-state index contributed by atoms with van der Waals surface area (Å²) in [6, 6.07) is 13.2. The quantitative estimate of drug-likeness (QED) is 0.828. The Bertz CT molecular complexity index is 835. The molecule has 1 saturated heterocycles. The summed E-state index contributed by atoms with van der Waals surface area (Å²) in [6.07, 6.45) is 3.92. The van der Waals surface area contributed by atoms with Crippen molar-refractivity contribution < 1.29 is 9.59 Å². The van der Waals surface area contributed by atoms with Crippen molar-refractivity contribution >= 4 is 40.6 Å². The average molecular weight is 353 g/mol. The predicted octanol–water partition coefficient (Wildman–Crippen LogP) is 3.58. The minimum absolute atomic E-state index is 0.0233. The standard InChI is InChI=1S/C19H19N3O2S/c1-25-14-7-5-13(6-8-14)20-18(23)12-4-9-16-15(11-12)21-19(24)17-3-2-10-22(16)17/h4-9,11,17H,2-3,10H2,1H3,(H,20,23)(H,21,24)/t17-/m0/s1. The molecule has 5 nitrogen and oxygen atoms in total. The van der Waals surface area contributed by atoms with Crippen molar-refractivity contribution in [2.75, 3.05) is 28.3 Å². The monoisotopic (exact) mass is 353 g/mol. The number of amides is 2. The number of carbonyl (C=O) groups excluding carboxylic acids is 2. The molecule has 0 aromatic heterocycles. The normalized spacial score (nSPS) is 18.4. The SMILES string of the molecule is CSc1ccc(NC(=O)c2ccc3c(c2)NC(=O)[C@@H]2CCCN32)cc1. The van der Waals surface area contributed by atoms with Gasteiger partial charge in [-0.25, -0.2) is 0 Å². The van der Waals surface area contributed by atoms with Gasteiger partial charge in [0.25, 0.3) is 5.91 Å². The molecule has 128 valence electrons. The third-order valence-electron chi connectivity index (χ3n) is 4.73. The Morgan fingerprint density at radius 2 is 2.04 bits per heavy atom. The lowest BCUT2D eigenvalue weighted by Gasteiger charge is -2.33. The Kier molecular flexibility index (Phi) is 4.13. The number of carbonyl (C=O) groups is 2. The maximum Gasteiger partial charge on any atom is 0.255 e. The van der Waals surface area contributed by atoms with Gasteiger partial charge in [0.15, 0.2) is 0 Å². The second kappa shape index (κ2) is 6.44. The fraction of sp³-hybridized carbons (Fsp3) is 0.263. The van der Waals surface area contributed by atoms with E-state index >= 15 is 0 Å². The molecule has 2 N–H and O–H groups in total. The highest BCUT2D eigenvalue weighted by Gasteiger charge is 2.36. The van der Waals surface area contributed by atoms with Crippen LogP contribution < -0.4 is 15.5 Å². The van der Waals surface area contributed by atoms with Crippen LogP contribution in [0.4, 0.5) is 17.1 Å². The number of anilines is 3. The number of benzene rings is 2. The molecule has 1 atom stereocenters. The molecule has 2 amide bonds. The highest BCUT2D eigenvalue weighted by molar-refractivity contribution is 7.98. The summed E-state index contributed by atoms with van der Waals surface area (Å²) in [7, 11) is 0. The predicted molar refractivity (Wildman–Crippen MR) is 102 cm³/mol. The highest BCUT2D eigenvalue weighted by atomic mass is 32.2. The van der Waals surface area contributed by atoms with Gasteiger partial charge in [-0.05, 0) is 61.6 Å². The second-order valence-corrected chi connectivity index (χ2v) is 7.13. The molecule has 2 heterocycles. The van der Waals surface area contributed by atoms with Gasteiger partial charge < -0.3 is 15.5 Å². The fourth-order valence-corrected chi connectivity index (χ4v) is 3.86. The molecule has 0 saturated carbocycles. The summed E-state index contributed by atoms with van der Waals surface area (Å²) in [5.41, 5.74) is 3.01. The van der Waals surface area contributed by atoms with Gasteiger partial charge in [-0.15, -0.1) is 11.8 Å². The number of nitrogens with zero attached hydrogens (tertiary/aromatic N) is 1. The summed E-state index contributed by atoms with van der Waals surface area (Å²) in [6.45, 7) is 0.887. The molecule has 25 heavy (non-hydrogen) atoms. The molecule has 2 aliphatic rings. The largest absolute Gasteiger partial charge is 0.358 e. The lowest BCUT2D eigenvalue weighted by atomic mass is 10.1. The van der Waals surface area contributed by atoms with Crippen LogP contribution in [0.1, 0.15) is 23.2 Å². The van der Waals surface area contributed by atoms with E-state index in [1.807, 2.05) is 42.7 Å². The van der Waals surface area contributed by atoms with Crippen LogP contribution in [0.2, 0.25) is 0 Å². The van der Waals surface area contributed by atoms with E-state index in [4.69, 9.17) is 0 Å². The number of nitrogens with one attached hydrogen (secondary N) is 2. The maximum atomic E-state index is 12.5. The summed E-state index contributed by atoms with van der Waals surface area (Å²) in [5.74, 6) is -0.160. The molecule has 2 aromatic rings. The molecule has 0 spiro atoms. The molecule has 0 radical (unpaired) electrons. The zero-order valence-electron chi connectivity index (χ0n) is 13.9. The van der Waals surface area contributed by atoms with Crippen LogP contribution in [-0.2, 0) is 4.79 Å². The van der Waals surface area contributed by atoms with Gasteiger partial charge in [-0.2, -0.15) is 0 Å². The Balaban J connectivity index is 1.56. The van der Waals surface area contributed by atoms with Crippen LogP contribution in [0.3, 0.4) is 0 Å². The third kappa shape index (κ3) is 2.98. The molecule has 0 bridgehead atoms. The Hall–Kier alpha value is -2.47. The van der Waals surface area contributed by atoms with E-state index in [0.717, 1.165) is 35.7 Å². The van der Waals surface area contributed by atoms with Gasteiger partial charge in [0.2, 0.25) is 5.91 Å². The molecule has 6 heteroatoms. The number of rotatable bonds is 3. The van der Waals surface area contributed by atoms with E-state index in [0.29, 0.717) is 11.3 Å². The van der Waals surface area contributed by atoms with E-state index in [9.17, 15) is 9.59 Å². The van der Waals surface area contributed by atoms with Gasteiger partial charge >= 0.3 is 0 Å². The molecule has 4 rings (SSSR count). The summed E-state index contributed by atoms with van der Waals surface area (Å²) >= 11 is 1.66. The number of fused-ring (bicyclic) bond motifs is 3. The topological polar surface area (TPSA) is 61.4 Å². The molecule has 0 aliphatic carbocycles. The van der Waals surface area contributed by atoms with Crippen LogP contribution >= 0.6 is 11.8 Å². The minimum atomic E-state index is -0.183. The van der Waals surface area contributed by atoms with Crippen LogP contribution in [0.5, 0.6) is 0 Å². The second-order valence-electron chi connectivity index (χ2n) is 6.26. The molecule has 2 aliphatic heterocycles. The Morgan fingerprint density at radius 1 is 1.24 bits per heavy atom. The van der Waals surface area contributed by atoms with Gasteiger partial charge in [0.1, 0.15) is 6.04 Å². The van der Waals surface area contributed by atoms with Crippen molar-refractivity contribution in [1.82, 2.24) is 0 Å². The summed E-state index contributed by atoms with van der Waals surface area (Å²) in [5, 5.41) is 5.84. The first-order valence-electron chi connectivity index (χ1n) is 8.32. The smallest absolute Gasteiger partial charge is 0.255 e. The Morgan fingerprint density at radius 3 is 2.80 bits per heavy atom. The van der Waals surface area contributed by atoms with Crippen LogP contribution in [0, 0.1) is 0 Å². The first-order valence-corrected chi connectivity index (χ1v) is 9.55. The summed E-state index contributed by atoms with van der Waals surface area (Å²) < 4.78 is 0. The number of thioether (sulfide) groups is 1. The van der Waals surface area contributed by atoms with Crippen molar-refractivity contribution in [3.8, 4) is 0 Å². The zero-order valence-corrected chi connectivity index (χ0v) is 14.7.